The van der Waals surface area contributed by atoms with Crippen molar-refractivity contribution in [3.05, 3.63) is 52.4 Å². The number of hydrogen-bond acceptors (Lipinski definition) is 5. The molecule has 1 atom stereocenters. The van der Waals surface area contributed by atoms with E-state index in [-0.39, 0.29) is 53.4 Å². The predicted octanol–water partition coefficient (Wildman–Crippen LogP) is 4.18. The van der Waals surface area contributed by atoms with Crippen molar-refractivity contribution in [3.63, 3.8) is 0 Å². The van der Waals surface area contributed by atoms with Gasteiger partial charge in [0.2, 0.25) is 5.91 Å². The molecule has 2 N–H and O–H groups in total. The maximum atomic E-state index is 12.8. The van der Waals surface area contributed by atoms with Gasteiger partial charge in [-0.05, 0) is 36.8 Å². The van der Waals surface area contributed by atoms with Gasteiger partial charge >= 0.3 is 6.18 Å². The summed E-state index contributed by atoms with van der Waals surface area (Å²) in [6, 6.07) is 5.00. The van der Waals surface area contributed by atoms with Gasteiger partial charge in [-0.15, -0.1) is 0 Å². The molecule has 1 aliphatic heterocycles. The van der Waals surface area contributed by atoms with Gasteiger partial charge in [0, 0.05) is 25.9 Å². The van der Waals surface area contributed by atoms with Crippen LogP contribution in [0.2, 0.25) is 5.02 Å². The SMILES string of the molecule is Nc1ncnc(C(=O)CC2CCCN(C(=O)CCc3cccc(C(F)(F)F)c3)C2)c1Cl. The Labute approximate surface area is 182 Å². The molecule has 166 valence electrons. The van der Waals surface area contributed by atoms with Crippen LogP contribution in [0.4, 0.5) is 19.0 Å². The average Bonchev–Trinajstić information content (AvgIpc) is 2.73. The number of Topliss-reactive ketones (excluding diaryl/α,β-unsaturated/α-hetero) is 1. The van der Waals surface area contributed by atoms with E-state index in [1.807, 2.05) is 0 Å². The van der Waals surface area contributed by atoms with Crippen LogP contribution < -0.4 is 5.73 Å². The van der Waals surface area contributed by atoms with Crippen molar-refractivity contribution in [3.8, 4) is 0 Å². The molecule has 0 radical (unpaired) electrons. The van der Waals surface area contributed by atoms with Gasteiger partial charge in [0.05, 0.1) is 5.56 Å². The Balaban J connectivity index is 1.56. The number of aromatic nitrogens is 2. The molecular formula is C21H22ClF3N4O2. The summed E-state index contributed by atoms with van der Waals surface area (Å²) in [5, 5.41) is 0.0253. The highest BCUT2D eigenvalue weighted by atomic mass is 35.5. The number of rotatable bonds is 6. The first-order chi connectivity index (χ1) is 14.6. The zero-order valence-electron chi connectivity index (χ0n) is 16.7. The minimum absolute atomic E-state index is 0.0253. The Morgan fingerprint density at radius 2 is 2.03 bits per heavy atom. The Kier molecular flexibility index (Phi) is 7.15. The topological polar surface area (TPSA) is 89.2 Å². The number of amides is 1. The number of benzene rings is 1. The van der Waals surface area contributed by atoms with E-state index in [0.29, 0.717) is 18.7 Å². The number of alkyl halides is 3. The first kappa shape index (κ1) is 23.0. The van der Waals surface area contributed by atoms with Crippen molar-refractivity contribution in [2.24, 2.45) is 5.92 Å². The second-order valence-electron chi connectivity index (χ2n) is 7.59. The normalized spacial score (nSPS) is 16.9. The molecule has 1 unspecified atom stereocenters. The van der Waals surface area contributed by atoms with E-state index in [4.69, 9.17) is 17.3 Å². The third-order valence-corrected chi connectivity index (χ3v) is 5.68. The lowest BCUT2D eigenvalue weighted by molar-refractivity contribution is -0.137. The van der Waals surface area contributed by atoms with Gasteiger partial charge in [0.15, 0.2) is 5.78 Å². The molecule has 0 bridgehead atoms. The summed E-state index contributed by atoms with van der Waals surface area (Å²) in [6.45, 7) is 0.971. The number of hydrogen-bond donors (Lipinski definition) is 1. The maximum Gasteiger partial charge on any atom is 0.416 e. The predicted molar refractivity (Wildman–Crippen MR) is 109 cm³/mol. The zero-order valence-corrected chi connectivity index (χ0v) is 17.4. The number of nitrogens with two attached hydrogens (primary N) is 1. The fraction of sp³-hybridized carbons (Fsp3) is 0.429. The molecular weight excluding hydrogens is 433 g/mol. The number of nitrogen functional groups attached to an aromatic ring is 1. The summed E-state index contributed by atoms with van der Waals surface area (Å²) < 4.78 is 38.5. The monoisotopic (exact) mass is 454 g/mol. The largest absolute Gasteiger partial charge is 0.416 e. The molecule has 1 amide bonds. The molecule has 2 heterocycles. The molecule has 1 aliphatic rings. The molecule has 31 heavy (non-hydrogen) atoms. The van der Waals surface area contributed by atoms with Crippen LogP contribution in [0, 0.1) is 5.92 Å². The number of nitrogens with zero attached hydrogens (tertiary/aromatic N) is 3. The fourth-order valence-electron chi connectivity index (χ4n) is 3.71. The van der Waals surface area contributed by atoms with Crippen LogP contribution in [0.25, 0.3) is 0 Å². The molecule has 0 saturated carbocycles. The summed E-state index contributed by atoms with van der Waals surface area (Å²) in [5.74, 6) is -0.415. The van der Waals surface area contributed by atoms with Gasteiger partial charge in [-0.2, -0.15) is 13.2 Å². The highest BCUT2D eigenvalue weighted by Gasteiger charge is 2.30. The van der Waals surface area contributed by atoms with Crippen molar-refractivity contribution < 1.29 is 22.8 Å². The van der Waals surface area contributed by atoms with Crippen molar-refractivity contribution in [1.82, 2.24) is 14.9 Å². The standard InChI is InChI=1S/C21H22ClF3N4O2/c22-18-19(27-12-28-20(18)26)16(30)10-14-4-2-8-29(11-14)17(31)7-6-13-3-1-5-15(9-13)21(23,24)25/h1,3,5,9,12,14H,2,4,6-8,10-11H2,(H2,26,27,28). The lowest BCUT2D eigenvalue weighted by Crippen LogP contribution is -2.40. The van der Waals surface area contributed by atoms with Crippen molar-refractivity contribution in [2.75, 3.05) is 18.8 Å². The number of halogens is 4. The number of anilines is 1. The first-order valence-corrected chi connectivity index (χ1v) is 10.3. The molecule has 10 heteroatoms. The highest BCUT2D eigenvalue weighted by molar-refractivity contribution is 6.35. The smallest absolute Gasteiger partial charge is 0.382 e. The minimum atomic E-state index is -4.41. The second kappa shape index (κ2) is 9.64. The number of carbonyl (C=O) groups is 2. The number of carbonyl (C=O) groups excluding carboxylic acids is 2. The molecule has 1 aromatic carbocycles. The van der Waals surface area contributed by atoms with E-state index in [2.05, 4.69) is 9.97 Å². The van der Waals surface area contributed by atoms with Crippen LogP contribution in [0.3, 0.4) is 0 Å². The van der Waals surface area contributed by atoms with Gasteiger partial charge in [-0.1, -0.05) is 29.8 Å². The lowest BCUT2D eigenvalue weighted by atomic mass is 9.91. The number of likely N-dealkylation sites (tertiary alicyclic amines) is 1. The van der Waals surface area contributed by atoms with E-state index in [1.54, 1.807) is 11.0 Å². The van der Waals surface area contributed by atoms with Gasteiger partial charge < -0.3 is 10.6 Å². The van der Waals surface area contributed by atoms with Crippen LogP contribution in [0.1, 0.15) is 47.3 Å². The van der Waals surface area contributed by atoms with E-state index in [0.717, 1.165) is 25.0 Å². The molecule has 1 saturated heterocycles. The molecule has 1 fully saturated rings. The summed E-state index contributed by atoms with van der Waals surface area (Å²) in [7, 11) is 0. The van der Waals surface area contributed by atoms with Crippen LogP contribution in [0.15, 0.2) is 30.6 Å². The lowest BCUT2D eigenvalue weighted by Gasteiger charge is -2.32. The molecule has 3 rings (SSSR count). The van der Waals surface area contributed by atoms with Crippen molar-refractivity contribution >= 4 is 29.1 Å². The van der Waals surface area contributed by atoms with Gasteiger partial charge in [-0.3, -0.25) is 9.59 Å². The number of aryl methyl sites for hydroxylation is 1. The fourth-order valence-corrected chi connectivity index (χ4v) is 3.91. The minimum Gasteiger partial charge on any atom is -0.382 e. The molecule has 1 aromatic heterocycles. The number of piperidine rings is 1. The summed E-state index contributed by atoms with van der Waals surface area (Å²) >= 11 is 6.02. The molecule has 0 aliphatic carbocycles. The maximum absolute atomic E-state index is 12.8. The summed E-state index contributed by atoms with van der Waals surface area (Å²) in [6.07, 6.45) is -1.21. The van der Waals surface area contributed by atoms with Crippen LogP contribution in [-0.2, 0) is 17.4 Å². The third-order valence-electron chi connectivity index (χ3n) is 5.31. The molecule has 0 spiro atoms. The molecule has 2 aromatic rings. The van der Waals surface area contributed by atoms with Gasteiger partial charge in [0.1, 0.15) is 22.9 Å². The van der Waals surface area contributed by atoms with E-state index >= 15 is 0 Å². The Bertz CT molecular complexity index is 968. The van der Waals surface area contributed by atoms with E-state index in [1.165, 1.54) is 12.4 Å². The Morgan fingerprint density at radius 1 is 1.26 bits per heavy atom. The van der Waals surface area contributed by atoms with Gasteiger partial charge in [0.25, 0.3) is 0 Å². The average molecular weight is 455 g/mol. The van der Waals surface area contributed by atoms with E-state index in [9.17, 15) is 22.8 Å². The van der Waals surface area contributed by atoms with Crippen LogP contribution >= 0.6 is 11.6 Å². The first-order valence-electron chi connectivity index (χ1n) is 9.88. The number of ketones is 1. The summed E-state index contributed by atoms with van der Waals surface area (Å²) in [5.41, 5.74) is 5.43. The van der Waals surface area contributed by atoms with E-state index < -0.39 is 11.7 Å². The summed E-state index contributed by atoms with van der Waals surface area (Å²) in [4.78, 5) is 34.5. The Morgan fingerprint density at radius 3 is 2.77 bits per heavy atom. The second-order valence-corrected chi connectivity index (χ2v) is 7.97. The van der Waals surface area contributed by atoms with Crippen molar-refractivity contribution in [1.29, 1.82) is 0 Å². The van der Waals surface area contributed by atoms with Crippen LogP contribution in [-0.4, -0.2) is 39.6 Å². The Hall–Kier alpha value is -2.68. The third kappa shape index (κ3) is 5.94. The van der Waals surface area contributed by atoms with Gasteiger partial charge in [-0.25, -0.2) is 9.97 Å². The highest BCUT2D eigenvalue weighted by Crippen LogP contribution is 2.30. The van der Waals surface area contributed by atoms with Crippen LogP contribution in [0.5, 0.6) is 0 Å². The van der Waals surface area contributed by atoms with Crippen molar-refractivity contribution in [2.45, 2.75) is 38.3 Å². The molecule has 6 nitrogen and oxygen atoms in total. The zero-order chi connectivity index (χ0) is 22.6. The quantitative estimate of drug-likeness (QED) is 0.661.